The normalized spacial score (nSPS) is 20.4. The van der Waals surface area contributed by atoms with Crippen molar-refractivity contribution in [1.82, 2.24) is 5.32 Å². The summed E-state index contributed by atoms with van der Waals surface area (Å²) in [4.78, 5) is 22.6. The maximum Gasteiger partial charge on any atom is 0.328 e. The summed E-state index contributed by atoms with van der Waals surface area (Å²) in [6.45, 7) is -0.391. The van der Waals surface area contributed by atoms with Gasteiger partial charge in [-0.15, -0.1) is 0 Å². The first kappa shape index (κ1) is 12.9. The maximum atomic E-state index is 11.9. The fourth-order valence-electron chi connectivity index (χ4n) is 2.07. The molecule has 0 aromatic rings. The minimum Gasteiger partial charge on any atom is -0.480 e. The van der Waals surface area contributed by atoms with Gasteiger partial charge in [0.25, 0.3) is 0 Å². The van der Waals surface area contributed by atoms with Gasteiger partial charge in [-0.05, 0) is 12.8 Å². The first-order valence-corrected chi connectivity index (χ1v) is 5.40. The van der Waals surface area contributed by atoms with E-state index in [0.29, 0.717) is 12.8 Å². The number of nitrogens with two attached hydrogens (primary N) is 1. The number of carbonyl (C=O) groups is 2. The molecule has 0 aromatic carbocycles. The zero-order chi connectivity index (χ0) is 12.2. The number of amides is 1. The minimum absolute atomic E-state index is 0.219. The van der Waals surface area contributed by atoms with Crippen LogP contribution >= 0.6 is 0 Å². The summed E-state index contributed by atoms with van der Waals surface area (Å²) in [5.41, 5.74) is 4.96. The van der Waals surface area contributed by atoms with Gasteiger partial charge < -0.3 is 21.3 Å². The largest absolute Gasteiger partial charge is 0.480 e. The molecular formula is C10H18N2O4. The Kier molecular flexibility index (Phi) is 4.26. The molecule has 0 aliphatic heterocycles. The SMILES string of the molecule is NCC1(C(=O)N[C@@H](CO)C(=O)O)CCCC1. The lowest BCUT2D eigenvalue weighted by molar-refractivity contribution is -0.144. The van der Waals surface area contributed by atoms with Crippen LogP contribution < -0.4 is 11.1 Å². The van der Waals surface area contributed by atoms with Gasteiger partial charge in [0.15, 0.2) is 0 Å². The molecule has 1 saturated carbocycles. The van der Waals surface area contributed by atoms with Crippen molar-refractivity contribution in [2.24, 2.45) is 11.1 Å². The van der Waals surface area contributed by atoms with Crippen LogP contribution in [0.2, 0.25) is 0 Å². The summed E-state index contributed by atoms with van der Waals surface area (Å²) in [5, 5.41) is 19.9. The lowest BCUT2D eigenvalue weighted by Gasteiger charge is -2.27. The number of nitrogens with one attached hydrogen (secondary N) is 1. The average Bonchev–Trinajstić information content (AvgIpc) is 2.74. The summed E-state index contributed by atoms with van der Waals surface area (Å²) >= 11 is 0. The molecule has 6 heteroatoms. The van der Waals surface area contributed by atoms with Crippen molar-refractivity contribution in [3.05, 3.63) is 0 Å². The van der Waals surface area contributed by atoms with E-state index in [0.717, 1.165) is 12.8 Å². The second-order valence-electron chi connectivity index (χ2n) is 4.24. The summed E-state index contributed by atoms with van der Waals surface area (Å²) in [7, 11) is 0. The van der Waals surface area contributed by atoms with E-state index in [1.54, 1.807) is 0 Å². The molecule has 0 unspecified atom stereocenters. The predicted octanol–water partition coefficient (Wildman–Crippen LogP) is -0.933. The van der Waals surface area contributed by atoms with Crippen LogP contribution in [0.1, 0.15) is 25.7 Å². The number of carboxylic acid groups (broad SMARTS) is 1. The fourth-order valence-corrected chi connectivity index (χ4v) is 2.07. The third-order valence-corrected chi connectivity index (χ3v) is 3.22. The van der Waals surface area contributed by atoms with Crippen LogP contribution in [0.5, 0.6) is 0 Å². The standard InChI is InChI=1S/C10H18N2O4/c11-6-10(3-1-2-4-10)9(16)12-7(5-13)8(14)15/h7,13H,1-6,11H2,(H,12,16)(H,14,15)/t7-/m0/s1. The van der Waals surface area contributed by atoms with Gasteiger partial charge >= 0.3 is 5.97 Å². The van der Waals surface area contributed by atoms with E-state index >= 15 is 0 Å². The van der Waals surface area contributed by atoms with Crippen molar-refractivity contribution >= 4 is 11.9 Å². The Morgan fingerprint density at radius 2 is 1.94 bits per heavy atom. The van der Waals surface area contributed by atoms with Crippen molar-refractivity contribution in [3.8, 4) is 0 Å². The van der Waals surface area contributed by atoms with E-state index in [2.05, 4.69) is 5.32 Å². The highest BCUT2D eigenvalue weighted by atomic mass is 16.4. The second kappa shape index (κ2) is 5.27. The Bertz CT molecular complexity index is 274. The van der Waals surface area contributed by atoms with Crippen LogP contribution in [0.15, 0.2) is 0 Å². The van der Waals surface area contributed by atoms with Gasteiger partial charge in [-0.25, -0.2) is 4.79 Å². The van der Waals surface area contributed by atoms with Gasteiger partial charge in [-0.1, -0.05) is 12.8 Å². The third-order valence-electron chi connectivity index (χ3n) is 3.22. The van der Waals surface area contributed by atoms with Gasteiger partial charge in [0.2, 0.25) is 5.91 Å². The molecule has 5 N–H and O–H groups in total. The highest BCUT2D eigenvalue weighted by molar-refractivity contribution is 5.87. The molecule has 1 fully saturated rings. The molecule has 1 aliphatic carbocycles. The molecule has 0 aromatic heterocycles. The van der Waals surface area contributed by atoms with E-state index in [1.807, 2.05) is 0 Å². The van der Waals surface area contributed by atoms with Crippen molar-refractivity contribution < 1.29 is 19.8 Å². The van der Waals surface area contributed by atoms with Gasteiger partial charge in [0.1, 0.15) is 6.04 Å². The summed E-state index contributed by atoms with van der Waals surface area (Å²) in [6, 6.07) is -1.24. The van der Waals surface area contributed by atoms with Crippen molar-refractivity contribution in [2.75, 3.05) is 13.2 Å². The first-order chi connectivity index (χ1) is 7.55. The molecule has 0 spiro atoms. The summed E-state index contributed by atoms with van der Waals surface area (Å²) in [6.07, 6.45) is 3.24. The molecule has 92 valence electrons. The van der Waals surface area contributed by atoms with Crippen molar-refractivity contribution in [3.63, 3.8) is 0 Å². The molecule has 1 atom stereocenters. The van der Waals surface area contributed by atoms with Crippen LogP contribution in [0, 0.1) is 5.41 Å². The summed E-state index contributed by atoms with van der Waals surface area (Å²) < 4.78 is 0. The number of hydrogen-bond donors (Lipinski definition) is 4. The average molecular weight is 230 g/mol. The van der Waals surface area contributed by atoms with Gasteiger partial charge in [-0.2, -0.15) is 0 Å². The van der Waals surface area contributed by atoms with E-state index in [4.69, 9.17) is 15.9 Å². The smallest absolute Gasteiger partial charge is 0.328 e. The topological polar surface area (TPSA) is 113 Å². The molecule has 16 heavy (non-hydrogen) atoms. The predicted molar refractivity (Wildman–Crippen MR) is 56.6 cm³/mol. The van der Waals surface area contributed by atoms with E-state index in [1.165, 1.54) is 0 Å². The molecule has 0 saturated heterocycles. The molecular weight excluding hydrogens is 212 g/mol. The zero-order valence-corrected chi connectivity index (χ0v) is 9.11. The Morgan fingerprint density at radius 1 is 1.38 bits per heavy atom. The minimum atomic E-state index is -1.24. The van der Waals surface area contributed by atoms with Crippen LogP contribution in [-0.2, 0) is 9.59 Å². The number of carbonyl (C=O) groups excluding carboxylic acids is 1. The van der Waals surface area contributed by atoms with Crippen LogP contribution in [0.25, 0.3) is 0 Å². The van der Waals surface area contributed by atoms with Crippen LogP contribution in [-0.4, -0.2) is 41.3 Å². The van der Waals surface area contributed by atoms with Crippen molar-refractivity contribution in [1.29, 1.82) is 0 Å². The van der Waals surface area contributed by atoms with Crippen LogP contribution in [0.3, 0.4) is 0 Å². The van der Waals surface area contributed by atoms with Gasteiger partial charge in [0.05, 0.1) is 12.0 Å². The second-order valence-corrected chi connectivity index (χ2v) is 4.24. The number of aliphatic carboxylic acids is 1. The fraction of sp³-hybridized carbons (Fsp3) is 0.800. The Balaban J connectivity index is 2.65. The highest BCUT2D eigenvalue weighted by Crippen LogP contribution is 2.37. The number of aliphatic hydroxyl groups is 1. The first-order valence-electron chi connectivity index (χ1n) is 5.40. The summed E-state index contributed by atoms with van der Waals surface area (Å²) in [5.74, 6) is -1.59. The van der Waals surface area contributed by atoms with E-state index < -0.39 is 24.0 Å². The molecule has 0 heterocycles. The Morgan fingerprint density at radius 3 is 2.31 bits per heavy atom. The number of carboxylic acids is 1. The molecule has 1 amide bonds. The molecule has 0 radical (unpaired) electrons. The Hall–Kier alpha value is -1.14. The molecule has 1 rings (SSSR count). The number of aliphatic hydroxyl groups excluding tert-OH is 1. The van der Waals surface area contributed by atoms with E-state index in [-0.39, 0.29) is 12.5 Å². The Labute approximate surface area is 93.8 Å². The lowest BCUT2D eigenvalue weighted by atomic mass is 9.85. The van der Waals surface area contributed by atoms with E-state index in [9.17, 15) is 9.59 Å². The quantitative estimate of drug-likeness (QED) is 0.487. The highest BCUT2D eigenvalue weighted by Gasteiger charge is 2.41. The zero-order valence-electron chi connectivity index (χ0n) is 9.11. The number of rotatable bonds is 5. The molecule has 6 nitrogen and oxygen atoms in total. The molecule has 0 bridgehead atoms. The third kappa shape index (κ3) is 2.51. The van der Waals surface area contributed by atoms with Gasteiger partial charge in [-0.3, -0.25) is 4.79 Å². The van der Waals surface area contributed by atoms with Gasteiger partial charge in [0, 0.05) is 6.54 Å². The number of hydrogen-bond acceptors (Lipinski definition) is 4. The van der Waals surface area contributed by atoms with Crippen LogP contribution in [0.4, 0.5) is 0 Å². The van der Waals surface area contributed by atoms with Crippen molar-refractivity contribution in [2.45, 2.75) is 31.7 Å². The lowest BCUT2D eigenvalue weighted by Crippen LogP contribution is -2.51. The molecule has 1 aliphatic rings. The monoisotopic (exact) mass is 230 g/mol. The maximum absolute atomic E-state index is 11.9.